The van der Waals surface area contributed by atoms with Gasteiger partial charge in [0.2, 0.25) is 0 Å². The second-order valence-corrected chi connectivity index (χ2v) is 4.26. The lowest BCUT2D eigenvalue weighted by molar-refractivity contribution is -0.126. The summed E-state index contributed by atoms with van der Waals surface area (Å²) in [7, 11) is 0. The van der Waals surface area contributed by atoms with Crippen LogP contribution in [0.2, 0.25) is 0 Å². The Morgan fingerprint density at radius 2 is 2.00 bits per heavy atom. The van der Waals surface area contributed by atoms with Crippen molar-refractivity contribution in [2.24, 2.45) is 0 Å². The van der Waals surface area contributed by atoms with E-state index in [0.717, 1.165) is 0 Å². The molecule has 0 aliphatic carbocycles. The van der Waals surface area contributed by atoms with E-state index < -0.39 is 0 Å². The summed E-state index contributed by atoms with van der Waals surface area (Å²) in [5.41, 5.74) is 0.667. The Kier molecular flexibility index (Phi) is 2.82. The molecule has 3 rings (SSSR count). The molecular formula is C13H14O4. The molecule has 2 aliphatic heterocycles. The SMILES string of the molecule is O=C1CC(C2COCCO2)Oc2ccccc21. The third kappa shape index (κ3) is 2.06. The Bertz CT molecular complexity index is 423. The molecule has 1 aromatic rings. The van der Waals surface area contributed by atoms with E-state index in [1.807, 2.05) is 18.2 Å². The van der Waals surface area contributed by atoms with Crippen LogP contribution in [0, 0.1) is 0 Å². The molecule has 1 fully saturated rings. The van der Waals surface area contributed by atoms with E-state index in [1.165, 1.54) is 0 Å². The molecule has 0 saturated carbocycles. The van der Waals surface area contributed by atoms with Crippen LogP contribution in [0.25, 0.3) is 0 Å². The summed E-state index contributed by atoms with van der Waals surface area (Å²) in [5, 5.41) is 0. The van der Waals surface area contributed by atoms with Gasteiger partial charge in [-0.25, -0.2) is 0 Å². The fourth-order valence-corrected chi connectivity index (χ4v) is 2.23. The number of carbonyl (C=O) groups is 1. The highest BCUT2D eigenvalue weighted by Gasteiger charge is 2.34. The minimum atomic E-state index is -0.224. The lowest BCUT2D eigenvalue weighted by Crippen LogP contribution is -2.44. The van der Waals surface area contributed by atoms with Crippen LogP contribution in [0.5, 0.6) is 5.75 Å². The van der Waals surface area contributed by atoms with Gasteiger partial charge in [0.1, 0.15) is 18.0 Å². The number of rotatable bonds is 1. The lowest BCUT2D eigenvalue weighted by Gasteiger charge is -2.33. The largest absolute Gasteiger partial charge is 0.486 e. The highest BCUT2D eigenvalue weighted by molar-refractivity contribution is 5.99. The van der Waals surface area contributed by atoms with Gasteiger partial charge in [-0.1, -0.05) is 12.1 Å². The zero-order valence-electron chi connectivity index (χ0n) is 9.43. The van der Waals surface area contributed by atoms with E-state index in [4.69, 9.17) is 14.2 Å². The zero-order chi connectivity index (χ0) is 11.7. The first-order valence-electron chi connectivity index (χ1n) is 5.83. The predicted molar refractivity (Wildman–Crippen MR) is 60.4 cm³/mol. The predicted octanol–water partition coefficient (Wildman–Crippen LogP) is 1.44. The maximum absolute atomic E-state index is 12.0. The molecule has 1 saturated heterocycles. The average Bonchev–Trinajstić information content (AvgIpc) is 2.40. The molecule has 0 aromatic heterocycles. The number of Topliss-reactive ketones (excluding diaryl/α,β-unsaturated/α-hetero) is 1. The number of benzene rings is 1. The summed E-state index contributed by atoms with van der Waals surface area (Å²) in [5.74, 6) is 0.772. The number of ketones is 1. The summed E-state index contributed by atoms with van der Waals surface area (Å²) in [6.07, 6.45) is 0.00385. The Morgan fingerprint density at radius 3 is 2.82 bits per heavy atom. The van der Waals surface area contributed by atoms with Crippen molar-refractivity contribution in [1.82, 2.24) is 0 Å². The van der Waals surface area contributed by atoms with Crippen LogP contribution in [0.15, 0.2) is 24.3 Å². The summed E-state index contributed by atoms with van der Waals surface area (Å²) < 4.78 is 16.7. The molecular weight excluding hydrogens is 220 g/mol. The van der Waals surface area contributed by atoms with Gasteiger partial charge in [-0.3, -0.25) is 4.79 Å². The molecule has 2 unspecified atom stereocenters. The van der Waals surface area contributed by atoms with E-state index in [-0.39, 0.29) is 18.0 Å². The summed E-state index contributed by atoms with van der Waals surface area (Å²) in [4.78, 5) is 12.0. The fourth-order valence-electron chi connectivity index (χ4n) is 2.23. The van der Waals surface area contributed by atoms with Gasteiger partial charge >= 0.3 is 0 Å². The maximum Gasteiger partial charge on any atom is 0.170 e. The smallest absolute Gasteiger partial charge is 0.170 e. The first-order valence-corrected chi connectivity index (χ1v) is 5.83. The number of hydrogen-bond donors (Lipinski definition) is 0. The molecule has 2 aliphatic rings. The number of ether oxygens (including phenoxy) is 3. The topological polar surface area (TPSA) is 44.8 Å². The van der Waals surface area contributed by atoms with Gasteiger partial charge in [0.05, 0.1) is 31.8 Å². The van der Waals surface area contributed by atoms with Crippen molar-refractivity contribution in [3.63, 3.8) is 0 Å². The first kappa shape index (κ1) is 10.7. The number of hydrogen-bond acceptors (Lipinski definition) is 4. The number of fused-ring (bicyclic) bond motifs is 1. The van der Waals surface area contributed by atoms with E-state index >= 15 is 0 Å². The van der Waals surface area contributed by atoms with Crippen LogP contribution in [0.1, 0.15) is 16.8 Å². The quantitative estimate of drug-likeness (QED) is 0.737. The van der Waals surface area contributed by atoms with Crippen molar-refractivity contribution in [3.05, 3.63) is 29.8 Å². The second kappa shape index (κ2) is 4.47. The molecule has 0 spiro atoms. The molecule has 0 N–H and O–H groups in total. The van der Waals surface area contributed by atoms with Gasteiger partial charge in [-0.05, 0) is 12.1 Å². The fraction of sp³-hybridized carbons (Fsp3) is 0.462. The number of carbonyl (C=O) groups excluding carboxylic acids is 1. The standard InChI is InChI=1S/C13H14O4/c14-10-7-12(13-8-15-5-6-16-13)17-11-4-2-1-3-9(10)11/h1-4,12-13H,5-8H2. The Balaban J connectivity index is 1.80. The van der Waals surface area contributed by atoms with E-state index in [2.05, 4.69) is 0 Å². The van der Waals surface area contributed by atoms with E-state index in [1.54, 1.807) is 6.07 Å². The lowest BCUT2D eigenvalue weighted by atomic mass is 9.98. The third-order valence-electron chi connectivity index (χ3n) is 3.11. The van der Waals surface area contributed by atoms with Crippen molar-refractivity contribution in [2.75, 3.05) is 19.8 Å². The van der Waals surface area contributed by atoms with Crippen LogP contribution in [-0.4, -0.2) is 37.8 Å². The molecule has 2 atom stereocenters. The van der Waals surface area contributed by atoms with Crippen LogP contribution >= 0.6 is 0 Å². The van der Waals surface area contributed by atoms with Crippen molar-refractivity contribution in [2.45, 2.75) is 18.6 Å². The Hall–Kier alpha value is -1.39. The van der Waals surface area contributed by atoms with Crippen molar-refractivity contribution < 1.29 is 19.0 Å². The minimum Gasteiger partial charge on any atom is -0.486 e. The van der Waals surface area contributed by atoms with Crippen molar-refractivity contribution in [1.29, 1.82) is 0 Å². The summed E-state index contributed by atoms with van der Waals surface area (Å²) >= 11 is 0. The first-order chi connectivity index (χ1) is 8.34. The monoisotopic (exact) mass is 234 g/mol. The summed E-state index contributed by atoms with van der Waals surface area (Å²) in [6.45, 7) is 1.69. The van der Waals surface area contributed by atoms with Gasteiger partial charge in [0.15, 0.2) is 5.78 Å². The van der Waals surface area contributed by atoms with E-state index in [9.17, 15) is 4.79 Å². The molecule has 4 heteroatoms. The van der Waals surface area contributed by atoms with E-state index in [0.29, 0.717) is 37.6 Å². The Morgan fingerprint density at radius 1 is 1.12 bits per heavy atom. The zero-order valence-corrected chi connectivity index (χ0v) is 9.43. The average molecular weight is 234 g/mol. The van der Waals surface area contributed by atoms with Crippen LogP contribution in [0.4, 0.5) is 0 Å². The third-order valence-corrected chi connectivity index (χ3v) is 3.11. The minimum absolute atomic E-state index is 0.117. The molecule has 2 heterocycles. The maximum atomic E-state index is 12.0. The molecule has 90 valence electrons. The molecule has 0 radical (unpaired) electrons. The van der Waals surface area contributed by atoms with Crippen molar-refractivity contribution in [3.8, 4) is 5.75 Å². The highest BCUT2D eigenvalue weighted by Crippen LogP contribution is 2.29. The number of para-hydroxylation sites is 1. The van der Waals surface area contributed by atoms with Gasteiger partial charge in [0, 0.05) is 0 Å². The van der Waals surface area contributed by atoms with Gasteiger partial charge in [-0.15, -0.1) is 0 Å². The van der Waals surface area contributed by atoms with Gasteiger partial charge < -0.3 is 14.2 Å². The second-order valence-electron chi connectivity index (χ2n) is 4.26. The normalized spacial score (nSPS) is 28.4. The molecule has 0 bridgehead atoms. The Labute approximate surface area is 99.5 Å². The van der Waals surface area contributed by atoms with Gasteiger partial charge in [-0.2, -0.15) is 0 Å². The van der Waals surface area contributed by atoms with Crippen LogP contribution in [-0.2, 0) is 9.47 Å². The molecule has 17 heavy (non-hydrogen) atoms. The molecule has 4 nitrogen and oxygen atoms in total. The molecule has 1 aromatic carbocycles. The van der Waals surface area contributed by atoms with Crippen LogP contribution < -0.4 is 4.74 Å². The van der Waals surface area contributed by atoms with Gasteiger partial charge in [0.25, 0.3) is 0 Å². The highest BCUT2D eigenvalue weighted by atomic mass is 16.6. The van der Waals surface area contributed by atoms with Crippen molar-refractivity contribution >= 4 is 5.78 Å². The van der Waals surface area contributed by atoms with Crippen LogP contribution in [0.3, 0.4) is 0 Å². The summed E-state index contributed by atoms with van der Waals surface area (Å²) in [6, 6.07) is 7.34. The molecule has 0 amide bonds.